The van der Waals surface area contributed by atoms with E-state index in [2.05, 4.69) is 72.7 Å². The number of benzene rings is 7. The number of para-hydroxylation sites is 1. The first-order valence-electron chi connectivity index (χ1n) is 14.5. The molecule has 0 aliphatic carbocycles. The minimum atomic E-state index is -1.88. The summed E-state index contributed by atoms with van der Waals surface area (Å²) in [5.74, 6) is -6.73. The summed E-state index contributed by atoms with van der Waals surface area (Å²) in [7, 11) is -1.47. The minimum Gasteiger partial charge on any atom is -0.452 e. The molecule has 7 heteroatoms. The molecule has 214 valence electrons. The number of fused-ring (bicyclic) bond motifs is 8. The number of rotatable bonds is 2. The molecule has 44 heavy (non-hydrogen) atoms. The van der Waals surface area contributed by atoms with Gasteiger partial charge in [-0.05, 0) is 57.9 Å². The number of nitrogens with zero attached hydrogens (tertiary/aromatic N) is 1. The Balaban J connectivity index is 1.42. The SMILES string of the molecule is C[Si](C)(C)c1ccc(-n2c3ccccc3c3c4ccc5cc6c(oc7c(F)c(F)c(F)c(F)c76)c6ccc(cc32)c4c56)cc1. The molecule has 2 heterocycles. The van der Waals surface area contributed by atoms with Crippen molar-refractivity contribution in [3.63, 3.8) is 0 Å². The Morgan fingerprint density at radius 1 is 0.523 bits per heavy atom. The molecule has 0 unspecified atom stereocenters. The first kappa shape index (κ1) is 25.6. The lowest BCUT2D eigenvalue weighted by molar-refractivity contribution is 0.412. The van der Waals surface area contributed by atoms with E-state index in [-0.39, 0.29) is 11.0 Å². The molecule has 2 nitrogen and oxygen atoms in total. The van der Waals surface area contributed by atoms with Crippen LogP contribution in [0.4, 0.5) is 17.6 Å². The third-order valence-corrected chi connectivity index (χ3v) is 11.2. The molecule has 2 aromatic heterocycles. The number of aromatic nitrogens is 1. The standard InChI is InChI=1S/C37H23F4NOSi/c1-44(2,3)21-12-10-20(11-13-21)42-26-7-5-4-6-22(26)30-23-14-8-18-16-25-31-32(38)33(39)34(40)35(41)37(31)43-36(25)24-15-9-19(17-27(30)42)28(23)29(18)24/h4-17H,1-3H3. The van der Waals surface area contributed by atoms with Crippen LogP contribution in [-0.2, 0) is 0 Å². The zero-order chi connectivity index (χ0) is 30.2. The van der Waals surface area contributed by atoms with Crippen molar-refractivity contribution < 1.29 is 22.0 Å². The van der Waals surface area contributed by atoms with Crippen LogP contribution in [0.2, 0.25) is 19.6 Å². The van der Waals surface area contributed by atoms with Gasteiger partial charge in [-0.15, -0.1) is 0 Å². The maximum absolute atomic E-state index is 15.0. The van der Waals surface area contributed by atoms with Gasteiger partial charge in [0.15, 0.2) is 17.2 Å². The lowest BCUT2D eigenvalue weighted by Gasteiger charge is -2.17. The van der Waals surface area contributed by atoms with Crippen LogP contribution in [0.15, 0.2) is 89.3 Å². The largest absolute Gasteiger partial charge is 0.452 e. The molecule has 0 bridgehead atoms. The molecule has 7 aromatic carbocycles. The van der Waals surface area contributed by atoms with Crippen molar-refractivity contribution in [3.8, 4) is 5.69 Å². The lowest BCUT2D eigenvalue weighted by Crippen LogP contribution is -2.37. The first-order chi connectivity index (χ1) is 21.1. The lowest BCUT2D eigenvalue weighted by atomic mass is 9.90. The van der Waals surface area contributed by atoms with Crippen molar-refractivity contribution in [2.24, 2.45) is 0 Å². The first-order valence-corrected chi connectivity index (χ1v) is 18.0. The Morgan fingerprint density at radius 3 is 1.93 bits per heavy atom. The molecule has 9 aromatic rings. The van der Waals surface area contributed by atoms with Gasteiger partial charge in [0.25, 0.3) is 0 Å². The summed E-state index contributed by atoms with van der Waals surface area (Å²) in [5, 5.41) is 8.69. The van der Waals surface area contributed by atoms with Crippen molar-refractivity contribution in [1.29, 1.82) is 0 Å². The second-order valence-corrected chi connectivity index (χ2v) is 17.7. The molecule has 0 aliphatic heterocycles. The summed E-state index contributed by atoms with van der Waals surface area (Å²) in [6.07, 6.45) is 0. The fourth-order valence-corrected chi connectivity index (χ4v) is 8.28. The molecule has 0 radical (unpaired) electrons. The average Bonchev–Trinajstić information content (AvgIpc) is 3.57. The molecule has 0 spiro atoms. The highest BCUT2D eigenvalue weighted by molar-refractivity contribution is 6.88. The van der Waals surface area contributed by atoms with E-state index in [1.54, 1.807) is 6.07 Å². The maximum atomic E-state index is 15.0. The summed E-state index contributed by atoms with van der Waals surface area (Å²) in [6, 6.07) is 28.9. The Morgan fingerprint density at radius 2 is 1.18 bits per heavy atom. The van der Waals surface area contributed by atoms with E-state index in [0.29, 0.717) is 5.39 Å². The smallest absolute Gasteiger partial charge is 0.205 e. The molecule has 0 saturated heterocycles. The van der Waals surface area contributed by atoms with Crippen molar-refractivity contribution >= 4 is 89.3 Å². The van der Waals surface area contributed by atoms with Crippen LogP contribution in [0, 0.1) is 23.3 Å². The van der Waals surface area contributed by atoms with Gasteiger partial charge in [-0.3, -0.25) is 0 Å². The van der Waals surface area contributed by atoms with Crippen molar-refractivity contribution in [2.75, 3.05) is 0 Å². The predicted octanol–water partition coefficient (Wildman–Crippen LogP) is 10.7. The number of halogens is 4. The van der Waals surface area contributed by atoms with Gasteiger partial charge in [-0.1, -0.05) is 73.4 Å². The van der Waals surface area contributed by atoms with Crippen LogP contribution in [0.25, 0.3) is 81.7 Å². The summed E-state index contributed by atoms with van der Waals surface area (Å²) in [4.78, 5) is 0. The van der Waals surface area contributed by atoms with Crippen LogP contribution in [0.1, 0.15) is 0 Å². The summed E-state index contributed by atoms with van der Waals surface area (Å²) < 4.78 is 66.3. The molecular weight excluding hydrogens is 578 g/mol. The van der Waals surface area contributed by atoms with Crippen LogP contribution in [0.5, 0.6) is 0 Å². The zero-order valence-electron chi connectivity index (χ0n) is 24.0. The molecule has 0 atom stereocenters. The minimum absolute atomic E-state index is 0.190. The van der Waals surface area contributed by atoms with E-state index in [1.807, 2.05) is 30.3 Å². The third kappa shape index (κ3) is 3.14. The topological polar surface area (TPSA) is 18.1 Å². The van der Waals surface area contributed by atoms with Crippen molar-refractivity contribution in [2.45, 2.75) is 19.6 Å². The van der Waals surface area contributed by atoms with Gasteiger partial charge in [0, 0.05) is 32.6 Å². The average molecular weight is 602 g/mol. The number of hydrogen-bond acceptors (Lipinski definition) is 1. The zero-order valence-corrected chi connectivity index (χ0v) is 25.0. The Bertz CT molecular complexity index is 2680. The maximum Gasteiger partial charge on any atom is 0.205 e. The monoisotopic (exact) mass is 601 g/mol. The Labute approximate surface area is 249 Å². The second-order valence-electron chi connectivity index (χ2n) is 12.7. The summed E-state index contributed by atoms with van der Waals surface area (Å²) >= 11 is 0. The van der Waals surface area contributed by atoms with Crippen LogP contribution in [-0.4, -0.2) is 12.6 Å². The van der Waals surface area contributed by atoms with Gasteiger partial charge in [0.05, 0.1) is 24.5 Å². The second kappa shape index (κ2) is 8.39. The highest BCUT2D eigenvalue weighted by Gasteiger charge is 2.27. The van der Waals surface area contributed by atoms with Crippen molar-refractivity contribution in [3.05, 3.63) is 108 Å². The molecule has 0 N–H and O–H groups in total. The van der Waals surface area contributed by atoms with E-state index >= 15 is 0 Å². The molecule has 0 fully saturated rings. The van der Waals surface area contributed by atoms with Gasteiger partial charge in [-0.25, -0.2) is 13.2 Å². The molecule has 0 aliphatic rings. The predicted molar refractivity (Wildman–Crippen MR) is 175 cm³/mol. The van der Waals surface area contributed by atoms with Gasteiger partial charge in [0.1, 0.15) is 5.58 Å². The normalized spacial score (nSPS) is 12.9. The fraction of sp³-hybridized carbons (Fsp3) is 0.0811. The van der Waals surface area contributed by atoms with E-state index in [9.17, 15) is 17.6 Å². The highest BCUT2D eigenvalue weighted by atomic mass is 28.3. The Kier molecular flexibility index (Phi) is 4.88. The molecule has 0 saturated carbocycles. The fourth-order valence-electron chi connectivity index (χ4n) is 7.11. The van der Waals surface area contributed by atoms with Crippen molar-refractivity contribution in [1.82, 2.24) is 4.57 Å². The Hall–Kier alpha value is -4.88. The molecular formula is C37H23F4NOSi. The van der Waals surface area contributed by atoms with Gasteiger partial charge >= 0.3 is 0 Å². The van der Waals surface area contributed by atoms with E-state index in [0.717, 1.165) is 54.4 Å². The number of furan rings is 1. The van der Waals surface area contributed by atoms with Gasteiger partial charge in [-0.2, -0.15) is 4.39 Å². The molecule has 0 amide bonds. The van der Waals surface area contributed by atoms with E-state index in [4.69, 9.17) is 4.42 Å². The number of hydrogen-bond donors (Lipinski definition) is 0. The van der Waals surface area contributed by atoms with E-state index < -0.39 is 42.3 Å². The third-order valence-electron chi connectivity index (χ3n) is 9.18. The van der Waals surface area contributed by atoms with E-state index in [1.165, 1.54) is 5.19 Å². The molecule has 9 rings (SSSR count). The van der Waals surface area contributed by atoms with Gasteiger partial charge in [0.2, 0.25) is 11.6 Å². The van der Waals surface area contributed by atoms with Crippen LogP contribution in [0.3, 0.4) is 0 Å². The quantitative estimate of drug-likeness (QED) is 0.0634. The summed E-state index contributed by atoms with van der Waals surface area (Å²) in [6.45, 7) is 7.02. The van der Waals surface area contributed by atoms with Crippen LogP contribution < -0.4 is 5.19 Å². The highest BCUT2D eigenvalue weighted by Crippen LogP contribution is 2.46. The van der Waals surface area contributed by atoms with Gasteiger partial charge < -0.3 is 8.98 Å². The summed E-state index contributed by atoms with van der Waals surface area (Å²) in [5.41, 5.74) is 2.81. The van der Waals surface area contributed by atoms with Crippen LogP contribution >= 0.6 is 0 Å².